The molecule has 0 fully saturated rings. The molecule has 2 rings (SSSR count). The molecule has 1 aliphatic heterocycles. The average molecular weight is 343 g/mol. The largest absolute Gasteiger partial charge is 0.501 e. The van der Waals surface area contributed by atoms with Crippen LogP contribution in [0.25, 0.3) is 0 Å². The molecule has 0 spiro atoms. The van der Waals surface area contributed by atoms with Gasteiger partial charge in [0, 0.05) is 5.56 Å². The van der Waals surface area contributed by atoms with Crippen LogP contribution >= 0.6 is 0 Å². The number of carbonyl (C=O) groups is 1. The number of hydrogen-bond acceptors (Lipinski definition) is 7. The first-order valence-electron chi connectivity index (χ1n) is 6.49. The van der Waals surface area contributed by atoms with Crippen LogP contribution < -0.4 is 14.2 Å². The third kappa shape index (κ3) is 3.04. The van der Waals surface area contributed by atoms with Gasteiger partial charge in [-0.15, -0.1) is 0 Å². The van der Waals surface area contributed by atoms with E-state index in [2.05, 4.69) is 0 Å². The molecule has 0 radical (unpaired) electrons. The molecule has 1 atom stereocenters. The fourth-order valence-electron chi connectivity index (χ4n) is 2.23. The third-order valence-corrected chi connectivity index (χ3v) is 3.92. The number of aliphatic hydroxyl groups excluding tert-OH is 1. The molecule has 0 amide bonds. The highest BCUT2D eigenvalue weighted by Crippen LogP contribution is 2.42. The van der Waals surface area contributed by atoms with Crippen molar-refractivity contribution in [2.75, 3.05) is 20.5 Å². The van der Waals surface area contributed by atoms with Gasteiger partial charge in [-0.2, -0.15) is 0 Å². The second kappa shape index (κ2) is 5.65. The van der Waals surface area contributed by atoms with Crippen molar-refractivity contribution in [2.45, 2.75) is 12.5 Å². The Morgan fingerprint density at radius 1 is 1.26 bits per heavy atom. The normalized spacial score (nSPS) is 21.1. The van der Waals surface area contributed by atoms with Gasteiger partial charge in [-0.1, -0.05) is 0 Å². The van der Waals surface area contributed by atoms with Crippen LogP contribution in [0, 0.1) is 0 Å². The number of ketones is 1. The summed E-state index contributed by atoms with van der Waals surface area (Å²) in [7, 11) is -0.856. The van der Waals surface area contributed by atoms with Gasteiger partial charge in [0.05, 0.1) is 20.5 Å². The summed E-state index contributed by atoms with van der Waals surface area (Å²) in [4.78, 5) is 12.4. The zero-order valence-corrected chi connectivity index (χ0v) is 13.9. The maximum Gasteiger partial charge on any atom is 0.250 e. The third-order valence-electron chi connectivity index (χ3n) is 3.37. The summed E-state index contributed by atoms with van der Waals surface area (Å²) in [5, 5.41) is 9.91. The maximum atomic E-state index is 12.4. The molecule has 1 aliphatic rings. The fourth-order valence-corrected chi connectivity index (χ4v) is 2.70. The molecule has 126 valence electrons. The van der Waals surface area contributed by atoms with Crippen LogP contribution in [0.5, 0.6) is 11.5 Å². The predicted molar refractivity (Wildman–Crippen MR) is 80.6 cm³/mol. The van der Waals surface area contributed by atoms with E-state index in [4.69, 9.17) is 14.2 Å². The summed E-state index contributed by atoms with van der Waals surface area (Å²) in [5.41, 5.74) is -1.36. The number of aliphatic hydroxyl groups is 1. The minimum absolute atomic E-state index is 0.293. The summed E-state index contributed by atoms with van der Waals surface area (Å²) < 4.78 is 40.4. The van der Waals surface area contributed by atoms with Gasteiger partial charge in [0.25, 0.3) is 5.78 Å². The highest BCUT2D eigenvalue weighted by molar-refractivity contribution is 7.88. The molecule has 1 aromatic rings. The molecular weight excluding hydrogens is 326 g/mol. The Hall–Kier alpha value is -2.42. The quantitative estimate of drug-likeness (QED) is 0.813. The first-order valence-corrected chi connectivity index (χ1v) is 8.39. The van der Waals surface area contributed by atoms with Crippen LogP contribution in [0.3, 0.4) is 0 Å². The number of hydrogen-bond donors (Lipinski definition) is 2. The van der Waals surface area contributed by atoms with Crippen LogP contribution in [-0.4, -0.2) is 39.8 Å². The van der Waals surface area contributed by atoms with E-state index < -0.39 is 33.0 Å². The lowest BCUT2D eigenvalue weighted by atomic mass is 9.90. The van der Waals surface area contributed by atoms with E-state index in [1.54, 1.807) is 12.1 Å². The standard InChI is InChI=1S/C14H17NO7S/c1-14(9-7-8(20-2)5-6-10(9)21-3)12(17)11(16)13(22-14)15-23(4,18)19/h5-7,15-16H,1-4H3. The van der Waals surface area contributed by atoms with Crippen molar-refractivity contribution in [3.8, 4) is 11.5 Å². The van der Waals surface area contributed by atoms with Crippen molar-refractivity contribution in [3.05, 3.63) is 35.4 Å². The molecule has 2 N–H and O–H groups in total. The monoisotopic (exact) mass is 343 g/mol. The molecule has 0 saturated heterocycles. The Morgan fingerprint density at radius 2 is 1.91 bits per heavy atom. The van der Waals surface area contributed by atoms with E-state index in [0.29, 0.717) is 17.1 Å². The number of carbonyl (C=O) groups excluding carboxylic acids is 1. The van der Waals surface area contributed by atoms with Crippen molar-refractivity contribution < 1.29 is 32.5 Å². The predicted octanol–water partition coefficient (Wildman–Crippen LogP) is 0.795. The van der Waals surface area contributed by atoms with Gasteiger partial charge in [-0.3, -0.25) is 9.52 Å². The molecule has 8 nitrogen and oxygen atoms in total. The lowest BCUT2D eigenvalue weighted by Crippen LogP contribution is -2.32. The van der Waals surface area contributed by atoms with E-state index in [1.807, 2.05) is 4.72 Å². The van der Waals surface area contributed by atoms with Crippen molar-refractivity contribution in [3.63, 3.8) is 0 Å². The van der Waals surface area contributed by atoms with Crippen LogP contribution in [0.2, 0.25) is 0 Å². The maximum absolute atomic E-state index is 12.4. The van der Waals surface area contributed by atoms with E-state index in [9.17, 15) is 18.3 Å². The van der Waals surface area contributed by atoms with Crippen molar-refractivity contribution in [1.82, 2.24) is 4.72 Å². The van der Waals surface area contributed by atoms with Crippen LogP contribution in [0.4, 0.5) is 0 Å². The van der Waals surface area contributed by atoms with Crippen LogP contribution in [0.15, 0.2) is 29.8 Å². The molecule has 0 saturated carbocycles. The first-order chi connectivity index (χ1) is 10.6. The molecule has 1 unspecified atom stereocenters. The number of benzene rings is 1. The smallest absolute Gasteiger partial charge is 0.250 e. The fraction of sp³-hybridized carbons (Fsp3) is 0.357. The molecule has 9 heteroatoms. The highest BCUT2D eigenvalue weighted by atomic mass is 32.2. The summed E-state index contributed by atoms with van der Waals surface area (Å²) >= 11 is 0. The van der Waals surface area contributed by atoms with Gasteiger partial charge in [0.2, 0.25) is 27.3 Å². The van der Waals surface area contributed by atoms with Gasteiger partial charge in [0.15, 0.2) is 0 Å². The zero-order valence-electron chi connectivity index (χ0n) is 13.0. The van der Waals surface area contributed by atoms with Gasteiger partial charge in [0.1, 0.15) is 11.5 Å². The van der Waals surface area contributed by atoms with Gasteiger partial charge in [-0.05, 0) is 25.1 Å². The number of methoxy groups -OCH3 is 2. The molecule has 0 aliphatic carbocycles. The Bertz CT molecular complexity index is 784. The number of Topliss-reactive ketones (excluding diaryl/α,β-unsaturated/α-hetero) is 1. The second-order valence-corrected chi connectivity index (χ2v) is 6.83. The van der Waals surface area contributed by atoms with E-state index in [0.717, 1.165) is 6.26 Å². The van der Waals surface area contributed by atoms with E-state index in [1.165, 1.54) is 27.2 Å². The topological polar surface area (TPSA) is 111 Å². The second-order valence-electron chi connectivity index (χ2n) is 5.08. The number of rotatable bonds is 5. The van der Waals surface area contributed by atoms with Gasteiger partial charge >= 0.3 is 0 Å². The van der Waals surface area contributed by atoms with Crippen LogP contribution in [0.1, 0.15) is 12.5 Å². The lowest BCUT2D eigenvalue weighted by Gasteiger charge is -2.25. The summed E-state index contributed by atoms with van der Waals surface area (Å²) in [6.07, 6.45) is 0.878. The van der Waals surface area contributed by atoms with Crippen molar-refractivity contribution in [2.24, 2.45) is 0 Å². The minimum atomic E-state index is -3.73. The van der Waals surface area contributed by atoms with Gasteiger partial charge in [-0.25, -0.2) is 8.42 Å². The Labute approximate surface area is 133 Å². The Kier molecular flexibility index (Phi) is 4.16. The SMILES string of the molecule is COc1ccc(OC)c(C2(C)OC(NS(C)(=O)=O)=C(O)C2=O)c1. The average Bonchev–Trinajstić information content (AvgIpc) is 2.70. The summed E-state index contributed by atoms with van der Waals surface area (Å²) in [6, 6.07) is 4.73. The Morgan fingerprint density at radius 3 is 2.43 bits per heavy atom. The molecule has 0 bridgehead atoms. The highest BCUT2D eigenvalue weighted by Gasteiger charge is 2.50. The number of sulfonamides is 1. The first kappa shape index (κ1) is 16.9. The van der Waals surface area contributed by atoms with E-state index in [-0.39, 0.29) is 0 Å². The molecular formula is C14H17NO7S. The summed E-state index contributed by atoms with van der Waals surface area (Å²) in [5.74, 6) is -1.35. The number of nitrogens with one attached hydrogen (secondary N) is 1. The minimum Gasteiger partial charge on any atom is -0.501 e. The van der Waals surface area contributed by atoms with Crippen LogP contribution in [-0.2, 0) is 25.2 Å². The number of ether oxygens (including phenoxy) is 3. The van der Waals surface area contributed by atoms with Gasteiger partial charge < -0.3 is 19.3 Å². The molecule has 0 aromatic heterocycles. The lowest BCUT2D eigenvalue weighted by molar-refractivity contribution is -0.131. The molecule has 1 heterocycles. The van der Waals surface area contributed by atoms with Crippen molar-refractivity contribution in [1.29, 1.82) is 0 Å². The van der Waals surface area contributed by atoms with Crippen molar-refractivity contribution >= 4 is 15.8 Å². The summed E-state index contributed by atoms with van der Waals surface area (Å²) in [6.45, 7) is 1.40. The zero-order chi connectivity index (χ0) is 17.4. The molecule has 23 heavy (non-hydrogen) atoms. The Balaban J connectivity index is 2.51. The van der Waals surface area contributed by atoms with E-state index >= 15 is 0 Å². The molecule has 1 aromatic carbocycles.